The molecule has 0 bridgehead atoms. The second kappa shape index (κ2) is 8.42. The highest BCUT2D eigenvalue weighted by Gasteiger charge is 2.04. The van der Waals surface area contributed by atoms with Gasteiger partial charge in [0.25, 0.3) is 11.6 Å². The number of amides is 1. The number of rotatable bonds is 6. The number of hydrazone groups is 1. The van der Waals surface area contributed by atoms with Gasteiger partial charge >= 0.3 is 0 Å². The van der Waals surface area contributed by atoms with Gasteiger partial charge in [0.15, 0.2) is 0 Å². The summed E-state index contributed by atoms with van der Waals surface area (Å²) in [5.74, 6) is -0.338. The molecule has 0 radical (unpaired) electrons. The van der Waals surface area contributed by atoms with Crippen LogP contribution in [0.2, 0.25) is 5.02 Å². The monoisotopic (exact) mass is 410 g/mol. The second-order valence-electron chi connectivity index (χ2n) is 4.62. The lowest BCUT2D eigenvalue weighted by Gasteiger charge is -2.07. The summed E-state index contributed by atoms with van der Waals surface area (Å²) < 4.78 is 0.747. The molecule has 0 aliphatic rings. The van der Waals surface area contributed by atoms with Crippen molar-refractivity contribution in [1.29, 1.82) is 0 Å². The van der Waals surface area contributed by atoms with E-state index in [0.717, 1.165) is 10.2 Å². The molecule has 0 spiro atoms. The molecule has 2 rings (SSSR count). The summed E-state index contributed by atoms with van der Waals surface area (Å²) in [4.78, 5) is 21.8. The number of carbonyl (C=O) groups excluding carboxylic acids is 1. The molecule has 0 aliphatic heterocycles. The highest BCUT2D eigenvalue weighted by Crippen LogP contribution is 2.25. The SMILES string of the molecule is O=C(CNc1ccc(Cl)cc1Br)N/N=C\c1ccc([N+](=O)[O-])cc1. The third-order valence-corrected chi connectivity index (χ3v) is 3.77. The number of nitro groups is 1. The molecule has 2 aromatic carbocycles. The van der Waals surface area contributed by atoms with Gasteiger partial charge < -0.3 is 5.32 Å². The van der Waals surface area contributed by atoms with Gasteiger partial charge in [-0.05, 0) is 51.8 Å². The Kier molecular flexibility index (Phi) is 6.28. The van der Waals surface area contributed by atoms with Crippen LogP contribution in [0.15, 0.2) is 52.0 Å². The maximum absolute atomic E-state index is 11.7. The number of anilines is 1. The van der Waals surface area contributed by atoms with Gasteiger partial charge in [-0.1, -0.05) is 11.6 Å². The van der Waals surface area contributed by atoms with Crippen LogP contribution in [-0.4, -0.2) is 23.6 Å². The van der Waals surface area contributed by atoms with E-state index < -0.39 is 4.92 Å². The first-order chi connectivity index (χ1) is 11.5. The van der Waals surface area contributed by atoms with Crippen LogP contribution in [0.3, 0.4) is 0 Å². The first-order valence-electron chi connectivity index (χ1n) is 6.71. The van der Waals surface area contributed by atoms with E-state index in [2.05, 4.69) is 31.8 Å². The molecule has 24 heavy (non-hydrogen) atoms. The number of hydrogen-bond donors (Lipinski definition) is 2. The van der Waals surface area contributed by atoms with Crippen LogP contribution in [0, 0.1) is 10.1 Å². The van der Waals surface area contributed by atoms with Gasteiger partial charge in [-0.15, -0.1) is 0 Å². The molecule has 0 unspecified atom stereocenters. The minimum atomic E-state index is -0.483. The molecule has 0 atom stereocenters. The number of hydrogen-bond acceptors (Lipinski definition) is 5. The minimum Gasteiger partial charge on any atom is -0.375 e. The van der Waals surface area contributed by atoms with Crippen LogP contribution in [0.1, 0.15) is 5.56 Å². The number of nitro benzene ring substituents is 1. The molecule has 0 aromatic heterocycles. The zero-order chi connectivity index (χ0) is 17.5. The Balaban J connectivity index is 1.83. The van der Waals surface area contributed by atoms with Crippen molar-refractivity contribution >= 4 is 51.0 Å². The molecule has 0 fully saturated rings. The first-order valence-corrected chi connectivity index (χ1v) is 7.88. The van der Waals surface area contributed by atoms with Crippen molar-refractivity contribution in [3.63, 3.8) is 0 Å². The van der Waals surface area contributed by atoms with E-state index in [9.17, 15) is 14.9 Å². The Morgan fingerprint density at radius 1 is 1.29 bits per heavy atom. The molecule has 0 saturated heterocycles. The summed E-state index contributed by atoms with van der Waals surface area (Å²) in [6, 6.07) is 11.0. The van der Waals surface area contributed by atoms with Gasteiger partial charge in [-0.2, -0.15) is 5.10 Å². The fourth-order valence-electron chi connectivity index (χ4n) is 1.71. The molecule has 2 aromatic rings. The highest BCUT2D eigenvalue weighted by molar-refractivity contribution is 9.10. The van der Waals surface area contributed by atoms with Crippen molar-refractivity contribution in [2.75, 3.05) is 11.9 Å². The number of nitrogens with zero attached hydrogens (tertiary/aromatic N) is 2. The maximum atomic E-state index is 11.7. The second-order valence-corrected chi connectivity index (χ2v) is 5.91. The summed E-state index contributed by atoms with van der Waals surface area (Å²) in [6.07, 6.45) is 1.40. The topological polar surface area (TPSA) is 96.6 Å². The molecular weight excluding hydrogens is 400 g/mol. The predicted octanol–water partition coefficient (Wildman–Crippen LogP) is 3.57. The van der Waals surface area contributed by atoms with Crippen molar-refractivity contribution in [2.24, 2.45) is 5.10 Å². The summed E-state index contributed by atoms with van der Waals surface area (Å²) in [5, 5.41) is 17.9. The van der Waals surface area contributed by atoms with Crippen molar-refractivity contribution in [2.45, 2.75) is 0 Å². The van der Waals surface area contributed by atoms with Gasteiger partial charge in [0, 0.05) is 27.3 Å². The Morgan fingerprint density at radius 2 is 2.00 bits per heavy atom. The molecule has 0 aliphatic carbocycles. The minimum absolute atomic E-state index is 0.00562. The zero-order valence-corrected chi connectivity index (χ0v) is 14.5. The molecule has 2 N–H and O–H groups in total. The van der Waals surface area contributed by atoms with Crippen molar-refractivity contribution < 1.29 is 9.72 Å². The Bertz CT molecular complexity index is 781. The number of nitrogens with one attached hydrogen (secondary N) is 2. The summed E-state index contributed by atoms with van der Waals surface area (Å²) >= 11 is 9.18. The molecule has 7 nitrogen and oxygen atoms in total. The van der Waals surface area contributed by atoms with E-state index in [1.54, 1.807) is 18.2 Å². The van der Waals surface area contributed by atoms with Crippen LogP contribution in [-0.2, 0) is 4.79 Å². The van der Waals surface area contributed by atoms with Gasteiger partial charge in [-0.3, -0.25) is 14.9 Å². The molecule has 124 valence electrons. The van der Waals surface area contributed by atoms with E-state index in [-0.39, 0.29) is 18.1 Å². The van der Waals surface area contributed by atoms with Gasteiger partial charge in [0.2, 0.25) is 0 Å². The van der Waals surface area contributed by atoms with E-state index in [1.807, 2.05) is 0 Å². The normalized spacial score (nSPS) is 10.6. The molecule has 0 heterocycles. The van der Waals surface area contributed by atoms with Gasteiger partial charge in [0.05, 0.1) is 17.7 Å². The van der Waals surface area contributed by atoms with Crippen LogP contribution < -0.4 is 10.7 Å². The van der Waals surface area contributed by atoms with Crippen LogP contribution in [0.25, 0.3) is 0 Å². The largest absolute Gasteiger partial charge is 0.375 e. The zero-order valence-electron chi connectivity index (χ0n) is 12.2. The third kappa shape index (κ3) is 5.32. The standard InChI is InChI=1S/C15H12BrClN4O3/c16-13-7-11(17)3-6-14(13)18-9-15(22)20-19-8-10-1-4-12(5-2-10)21(23)24/h1-8,18H,9H2,(H,20,22)/b19-8-. The lowest BCUT2D eigenvalue weighted by atomic mass is 10.2. The number of non-ortho nitro benzene ring substituents is 1. The van der Waals surface area contributed by atoms with E-state index in [4.69, 9.17) is 11.6 Å². The lowest BCUT2D eigenvalue weighted by Crippen LogP contribution is -2.26. The third-order valence-electron chi connectivity index (χ3n) is 2.88. The first kappa shape index (κ1) is 17.9. The highest BCUT2D eigenvalue weighted by atomic mass is 79.9. The number of carbonyl (C=O) groups is 1. The number of halogens is 2. The van der Waals surface area contributed by atoms with Gasteiger partial charge in [0.1, 0.15) is 0 Å². The maximum Gasteiger partial charge on any atom is 0.269 e. The average Bonchev–Trinajstić information content (AvgIpc) is 2.54. The quantitative estimate of drug-likeness (QED) is 0.431. The fraction of sp³-hybridized carbons (Fsp3) is 0.0667. The number of benzene rings is 2. The van der Waals surface area contributed by atoms with E-state index >= 15 is 0 Å². The summed E-state index contributed by atoms with van der Waals surface area (Å²) in [6.45, 7) is 0.0256. The molecule has 1 amide bonds. The van der Waals surface area contributed by atoms with Crippen molar-refractivity contribution in [3.05, 3.63) is 67.6 Å². The van der Waals surface area contributed by atoms with Crippen LogP contribution >= 0.6 is 27.5 Å². The van der Waals surface area contributed by atoms with Crippen LogP contribution in [0.4, 0.5) is 11.4 Å². The Morgan fingerprint density at radius 3 is 2.62 bits per heavy atom. The summed E-state index contributed by atoms with van der Waals surface area (Å²) in [7, 11) is 0. The fourth-order valence-corrected chi connectivity index (χ4v) is 2.53. The molecule has 9 heteroatoms. The molecule has 0 saturated carbocycles. The van der Waals surface area contributed by atoms with E-state index in [1.165, 1.54) is 30.5 Å². The van der Waals surface area contributed by atoms with Crippen molar-refractivity contribution in [1.82, 2.24) is 5.43 Å². The van der Waals surface area contributed by atoms with Gasteiger partial charge in [-0.25, -0.2) is 5.43 Å². The van der Waals surface area contributed by atoms with Crippen LogP contribution in [0.5, 0.6) is 0 Å². The molecular formula is C15H12BrClN4O3. The Hall–Kier alpha value is -2.45. The Labute approximate surface area is 151 Å². The lowest BCUT2D eigenvalue weighted by molar-refractivity contribution is -0.384. The van der Waals surface area contributed by atoms with Crippen molar-refractivity contribution in [3.8, 4) is 0 Å². The summed E-state index contributed by atoms with van der Waals surface area (Å²) in [5.41, 5.74) is 3.72. The van der Waals surface area contributed by atoms with E-state index in [0.29, 0.717) is 10.6 Å². The predicted molar refractivity (Wildman–Crippen MR) is 96.5 cm³/mol. The smallest absolute Gasteiger partial charge is 0.269 e. The average molecular weight is 412 g/mol.